The van der Waals surface area contributed by atoms with Crippen molar-refractivity contribution in [3.63, 3.8) is 0 Å². The smallest absolute Gasteiger partial charge is 0.253 e. The normalized spacial score (nSPS) is 14.1. The summed E-state index contributed by atoms with van der Waals surface area (Å²) >= 11 is 0. The zero-order valence-corrected chi connectivity index (χ0v) is 25.9. The highest BCUT2D eigenvalue weighted by Gasteiger charge is 2.32. The molecule has 0 bridgehead atoms. The number of Topliss-reactive ketones (excluding diaryl/α,β-unsaturated/α-hetero) is 1. The molecule has 0 radical (unpaired) electrons. The second kappa shape index (κ2) is 11.5. The van der Waals surface area contributed by atoms with Crippen LogP contribution in [0.5, 0.6) is 5.75 Å². The molecule has 0 saturated heterocycles. The molecule has 1 aromatic heterocycles. The first-order valence-electron chi connectivity index (χ1n) is 13.2. The number of hydrogen-bond donors (Lipinski definition) is 3. The Labute approximate surface area is 249 Å². The maximum Gasteiger partial charge on any atom is 0.253 e. The van der Waals surface area contributed by atoms with E-state index in [1.54, 1.807) is 18.0 Å². The Morgan fingerprint density at radius 1 is 1.17 bits per heavy atom. The Hall–Kier alpha value is -4.00. The van der Waals surface area contributed by atoms with Gasteiger partial charge < -0.3 is 24.8 Å². The van der Waals surface area contributed by atoms with Gasteiger partial charge in [0.05, 0.1) is 30.9 Å². The van der Waals surface area contributed by atoms with Gasteiger partial charge in [0, 0.05) is 50.1 Å². The number of aromatic amines is 1. The fourth-order valence-electron chi connectivity index (χ4n) is 5.21. The predicted molar refractivity (Wildman–Crippen MR) is 162 cm³/mol. The third-order valence-electron chi connectivity index (χ3n) is 7.32. The van der Waals surface area contributed by atoms with E-state index in [1.165, 1.54) is 0 Å². The summed E-state index contributed by atoms with van der Waals surface area (Å²) in [5.74, 6) is 1.30. The number of tetrazole rings is 1. The van der Waals surface area contributed by atoms with Gasteiger partial charge in [-0.25, -0.2) is 5.10 Å². The quantitative estimate of drug-likeness (QED) is 0.338. The highest BCUT2D eigenvalue weighted by Crippen LogP contribution is 2.42. The van der Waals surface area contributed by atoms with Crippen molar-refractivity contribution in [2.75, 3.05) is 50.6 Å². The van der Waals surface area contributed by atoms with Gasteiger partial charge in [0.15, 0.2) is 11.6 Å². The number of ether oxygens (including phenoxy) is 1. The molecule has 2 aliphatic heterocycles. The molecule has 2 aliphatic rings. The first kappa shape index (κ1) is 30.0. The van der Waals surface area contributed by atoms with E-state index in [1.807, 2.05) is 37.2 Å². The number of H-pyrrole nitrogens is 1. The Bertz CT molecular complexity index is 1480. The molecule has 0 spiro atoms. The van der Waals surface area contributed by atoms with Crippen LogP contribution in [0.25, 0.3) is 0 Å². The van der Waals surface area contributed by atoms with Crippen LogP contribution in [-0.2, 0) is 18.5 Å². The number of anilines is 2. The number of hydrogen-bond acceptors (Lipinski definition) is 9. The van der Waals surface area contributed by atoms with E-state index < -0.39 is 0 Å². The van der Waals surface area contributed by atoms with E-state index in [0.29, 0.717) is 48.8 Å². The van der Waals surface area contributed by atoms with Crippen LogP contribution in [0, 0.1) is 5.41 Å². The van der Waals surface area contributed by atoms with Crippen molar-refractivity contribution >= 4 is 45.9 Å². The third kappa shape index (κ3) is 5.76. The standard InChI is InChI=1S/C28H35N9O3.BrH/c1-28(2,3)20-9-16(10-22-25(20)40-8-7-36(22)15-24-31-33-34-32-24)23(38)14-37-13-17-11-21(35(5)6)19(27(39)30-4)12-18(17)26(37)29;/h9-12,29H,7-8,13-15H2,1-6H3,(H,30,39)(H,31,32,33,34);1H. The lowest BCUT2D eigenvalue weighted by Crippen LogP contribution is -2.35. The van der Waals surface area contributed by atoms with Gasteiger partial charge in [-0.1, -0.05) is 20.8 Å². The Balaban J connectivity index is 0.00000387. The van der Waals surface area contributed by atoms with Crippen LogP contribution in [0.1, 0.15) is 64.0 Å². The Morgan fingerprint density at radius 3 is 2.56 bits per heavy atom. The van der Waals surface area contributed by atoms with Gasteiger partial charge in [-0.3, -0.25) is 15.0 Å². The highest BCUT2D eigenvalue weighted by atomic mass is 79.9. The van der Waals surface area contributed by atoms with Gasteiger partial charge in [-0.05, 0) is 45.7 Å². The lowest BCUT2D eigenvalue weighted by Gasteiger charge is -2.35. The van der Waals surface area contributed by atoms with Crippen LogP contribution in [0.2, 0.25) is 0 Å². The lowest BCUT2D eigenvalue weighted by atomic mass is 9.84. The number of nitrogens with zero attached hydrogens (tertiary/aromatic N) is 6. The second-order valence-electron chi connectivity index (χ2n) is 11.4. The number of benzene rings is 2. The minimum absolute atomic E-state index is 0. The lowest BCUT2D eigenvalue weighted by molar-refractivity contribution is 0.0955. The molecule has 3 N–H and O–H groups in total. The summed E-state index contributed by atoms with van der Waals surface area (Å²) < 4.78 is 6.13. The molecule has 41 heavy (non-hydrogen) atoms. The van der Waals surface area contributed by atoms with Gasteiger partial charge in [-0.15, -0.1) is 22.1 Å². The van der Waals surface area contributed by atoms with E-state index in [4.69, 9.17) is 10.1 Å². The van der Waals surface area contributed by atoms with Crippen LogP contribution in [0.3, 0.4) is 0 Å². The SMILES string of the molecule is Br.CNC(=O)c1cc2c(cc1N(C)C)CN(CC(=O)c1cc3c(c(C(C)(C)C)c1)OCCN3Cc1nnn[nH]1)C2=N. The topological polar surface area (TPSA) is 143 Å². The molecule has 0 unspecified atom stereocenters. The number of rotatable bonds is 7. The monoisotopic (exact) mass is 625 g/mol. The predicted octanol–water partition coefficient (Wildman–Crippen LogP) is 2.92. The van der Waals surface area contributed by atoms with Gasteiger partial charge >= 0.3 is 0 Å². The van der Waals surface area contributed by atoms with Crippen LogP contribution < -0.4 is 19.9 Å². The van der Waals surface area contributed by atoms with E-state index in [0.717, 1.165) is 28.3 Å². The minimum atomic E-state index is -0.271. The number of carbonyl (C=O) groups excluding carboxylic acids is 2. The average molecular weight is 627 g/mol. The molecule has 12 nitrogen and oxygen atoms in total. The summed E-state index contributed by atoms with van der Waals surface area (Å²) in [6.45, 7) is 8.34. The Kier molecular flexibility index (Phi) is 8.39. The summed E-state index contributed by atoms with van der Waals surface area (Å²) in [6.07, 6.45) is 0. The molecule has 5 rings (SSSR count). The fourth-order valence-corrected chi connectivity index (χ4v) is 5.21. The summed E-state index contributed by atoms with van der Waals surface area (Å²) in [5, 5.41) is 25.7. The highest BCUT2D eigenvalue weighted by molar-refractivity contribution is 8.93. The number of amidine groups is 1. The zero-order chi connectivity index (χ0) is 28.8. The summed E-state index contributed by atoms with van der Waals surface area (Å²) in [4.78, 5) is 32.1. The molecule has 0 saturated carbocycles. The van der Waals surface area contributed by atoms with E-state index in [-0.39, 0.29) is 46.5 Å². The molecular weight excluding hydrogens is 590 g/mol. The van der Waals surface area contributed by atoms with Gasteiger partial charge in [0.1, 0.15) is 18.2 Å². The number of fused-ring (bicyclic) bond motifs is 2. The summed E-state index contributed by atoms with van der Waals surface area (Å²) in [6, 6.07) is 7.47. The van der Waals surface area contributed by atoms with Crippen LogP contribution in [-0.4, -0.2) is 83.9 Å². The number of amides is 1. The van der Waals surface area contributed by atoms with Gasteiger partial charge in [-0.2, -0.15) is 0 Å². The van der Waals surface area contributed by atoms with Crippen molar-refractivity contribution < 1.29 is 14.3 Å². The van der Waals surface area contributed by atoms with Crippen LogP contribution >= 0.6 is 17.0 Å². The maximum absolute atomic E-state index is 13.8. The number of nitrogens with one attached hydrogen (secondary N) is 3. The molecule has 3 heterocycles. The molecule has 1 amide bonds. The first-order valence-corrected chi connectivity index (χ1v) is 13.2. The molecule has 0 atom stereocenters. The van der Waals surface area contributed by atoms with Gasteiger partial charge in [0.25, 0.3) is 5.91 Å². The van der Waals surface area contributed by atoms with Crippen LogP contribution in [0.15, 0.2) is 24.3 Å². The molecule has 0 fully saturated rings. The first-order chi connectivity index (χ1) is 19.0. The second-order valence-corrected chi connectivity index (χ2v) is 11.4. The van der Waals surface area contributed by atoms with Crippen molar-refractivity contribution in [2.24, 2.45) is 0 Å². The summed E-state index contributed by atoms with van der Waals surface area (Å²) in [5.41, 5.74) is 4.89. The van der Waals surface area contributed by atoms with Crippen molar-refractivity contribution in [1.29, 1.82) is 5.41 Å². The Morgan fingerprint density at radius 2 is 1.93 bits per heavy atom. The molecule has 13 heteroatoms. The van der Waals surface area contributed by atoms with Crippen molar-refractivity contribution in [3.8, 4) is 5.75 Å². The van der Waals surface area contributed by atoms with E-state index in [2.05, 4.69) is 51.6 Å². The molecule has 3 aromatic rings. The van der Waals surface area contributed by atoms with Crippen molar-refractivity contribution in [3.05, 3.63) is 57.9 Å². The number of halogens is 1. The largest absolute Gasteiger partial charge is 0.489 e. The van der Waals surface area contributed by atoms with Crippen LogP contribution in [0.4, 0.5) is 11.4 Å². The number of carbonyl (C=O) groups is 2. The maximum atomic E-state index is 13.8. The van der Waals surface area contributed by atoms with Gasteiger partial charge in [0.2, 0.25) is 0 Å². The zero-order valence-electron chi connectivity index (χ0n) is 24.2. The van der Waals surface area contributed by atoms with E-state index >= 15 is 0 Å². The molecule has 2 aromatic carbocycles. The average Bonchev–Trinajstić information content (AvgIpc) is 3.54. The molecule has 0 aliphatic carbocycles. The third-order valence-corrected chi connectivity index (χ3v) is 7.32. The fraction of sp³-hybridized carbons (Fsp3) is 0.429. The minimum Gasteiger partial charge on any atom is -0.489 e. The number of ketones is 1. The molecule has 218 valence electrons. The van der Waals surface area contributed by atoms with Crippen molar-refractivity contribution in [1.82, 2.24) is 30.8 Å². The van der Waals surface area contributed by atoms with E-state index in [9.17, 15) is 9.59 Å². The van der Waals surface area contributed by atoms with Crippen molar-refractivity contribution in [2.45, 2.75) is 39.3 Å². The number of aromatic nitrogens is 4. The summed E-state index contributed by atoms with van der Waals surface area (Å²) in [7, 11) is 5.35. The molecular formula is C28H36BrN9O3.